The van der Waals surface area contributed by atoms with Gasteiger partial charge in [0.2, 0.25) is 0 Å². The molecule has 0 spiro atoms. The maximum atomic E-state index is 13.3. The van der Waals surface area contributed by atoms with E-state index in [9.17, 15) is 9.59 Å². The second-order valence-electron chi connectivity index (χ2n) is 8.85. The van der Waals surface area contributed by atoms with Crippen LogP contribution >= 0.6 is 0 Å². The minimum Gasteiger partial charge on any atom is -0.475 e. The Hall–Kier alpha value is -2.40. The third-order valence-electron chi connectivity index (χ3n) is 7.92. The third kappa shape index (κ3) is 2.09. The Kier molecular flexibility index (Phi) is 3.88. The second kappa shape index (κ2) is 6.05. The first-order valence-corrected chi connectivity index (χ1v) is 10.5. The maximum Gasteiger partial charge on any atom is 0.336 e. The van der Waals surface area contributed by atoms with Gasteiger partial charge in [-0.15, -0.1) is 0 Å². The summed E-state index contributed by atoms with van der Waals surface area (Å²) in [5, 5.41) is 0. The van der Waals surface area contributed by atoms with E-state index in [1.54, 1.807) is 12.2 Å². The first-order valence-electron chi connectivity index (χ1n) is 10.5. The number of rotatable bonds is 4. The monoisotopic (exact) mass is 393 g/mol. The van der Waals surface area contributed by atoms with E-state index in [0.717, 1.165) is 18.4 Å². The van der Waals surface area contributed by atoms with Gasteiger partial charge in [-0.25, -0.2) is 4.79 Å². The SMILES string of the molecule is C/C=C/C=C/C(=O)Oc1ccc2c3c1O[C@@]1(C)C(=O)CC4[C@@H]([C@@H](C2)N4C)[C@@]31CC. The van der Waals surface area contributed by atoms with Crippen molar-refractivity contribution in [1.82, 2.24) is 4.90 Å². The first kappa shape index (κ1) is 18.6. The molecule has 2 aliphatic carbocycles. The molecule has 1 aromatic carbocycles. The Labute approximate surface area is 171 Å². The molecule has 1 unspecified atom stereocenters. The zero-order valence-electron chi connectivity index (χ0n) is 17.4. The molecule has 1 saturated heterocycles. The molecule has 0 radical (unpaired) electrons. The summed E-state index contributed by atoms with van der Waals surface area (Å²) >= 11 is 0. The molecule has 29 heavy (non-hydrogen) atoms. The lowest BCUT2D eigenvalue weighted by molar-refractivity contribution is -0.181. The number of Topliss-reactive ketones (excluding diaryl/α,β-unsaturated/α-hetero) is 1. The topological polar surface area (TPSA) is 55.8 Å². The van der Waals surface area contributed by atoms with E-state index in [1.165, 1.54) is 11.6 Å². The van der Waals surface area contributed by atoms with Crippen LogP contribution < -0.4 is 9.47 Å². The molecule has 5 atom stereocenters. The predicted molar refractivity (Wildman–Crippen MR) is 109 cm³/mol. The highest BCUT2D eigenvalue weighted by Crippen LogP contribution is 2.68. The van der Waals surface area contributed by atoms with Gasteiger partial charge in [0.05, 0.1) is 5.41 Å². The standard InChI is InChI=1S/C24H27NO4/c1-5-7-8-9-19(27)28-17-11-10-14-12-15-21-16(25(15)4)13-18(26)23(3)24(21,6-2)20(14)22(17)29-23/h5,7-11,15-16,21H,6,12-13H2,1-4H3/b7-5+,9-8+/t15-,16?,21-,23+,24-/m1/s1. The van der Waals surface area contributed by atoms with Gasteiger partial charge in [-0.1, -0.05) is 31.2 Å². The van der Waals surface area contributed by atoms with Crippen LogP contribution in [0.15, 0.2) is 36.4 Å². The fraction of sp³-hybridized carbons (Fsp3) is 0.500. The fourth-order valence-corrected chi connectivity index (χ4v) is 6.62. The quantitative estimate of drug-likeness (QED) is 0.340. The largest absolute Gasteiger partial charge is 0.475 e. The van der Waals surface area contributed by atoms with Gasteiger partial charge < -0.3 is 9.47 Å². The van der Waals surface area contributed by atoms with Gasteiger partial charge in [-0.3, -0.25) is 9.69 Å². The van der Waals surface area contributed by atoms with Crippen LogP contribution in [0, 0.1) is 5.92 Å². The number of carbonyl (C=O) groups excluding carboxylic acids is 2. The van der Waals surface area contributed by atoms with Gasteiger partial charge in [0.25, 0.3) is 0 Å². The Morgan fingerprint density at radius 3 is 2.79 bits per heavy atom. The molecule has 4 aliphatic rings. The zero-order valence-corrected chi connectivity index (χ0v) is 17.4. The molecular formula is C24H27NO4. The van der Waals surface area contributed by atoms with Crippen LogP contribution in [0.1, 0.15) is 44.7 Å². The number of allylic oxidation sites excluding steroid dienone is 3. The number of benzene rings is 1. The van der Waals surface area contributed by atoms with E-state index in [2.05, 4.69) is 24.9 Å². The summed E-state index contributed by atoms with van der Waals surface area (Å²) in [6.45, 7) is 6.00. The fourth-order valence-electron chi connectivity index (χ4n) is 6.62. The molecule has 0 bridgehead atoms. The number of carbonyl (C=O) groups is 2. The average molecular weight is 393 g/mol. The lowest BCUT2D eigenvalue weighted by Crippen LogP contribution is -2.79. The van der Waals surface area contributed by atoms with Gasteiger partial charge in [0.15, 0.2) is 22.9 Å². The molecule has 0 amide bonds. The van der Waals surface area contributed by atoms with Gasteiger partial charge in [-0.05, 0) is 45.4 Å². The number of hydrogen-bond acceptors (Lipinski definition) is 5. The van der Waals surface area contributed by atoms with Crippen molar-refractivity contribution in [2.45, 2.75) is 63.1 Å². The minimum absolute atomic E-state index is 0.153. The Bertz CT molecular complexity index is 979. The Morgan fingerprint density at radius 2 is 2.07 bits per heavy atom. The van der Waals surface area contributed by atoms with Gasteiger partial charge in [-0.2, -0.15) is 0 Å². The lowest BCUT2D eigenvalue weighted by atomic mass is 9.44. The van der Waals surface area contributed by atoms with E-state index in [0.29, 0.717) is 29.9 Å². The van der Waals surface area contributed by atoms with Crippen LogP contribution in [0.25, 0.3) is 0 Å². The average Bonchev–Trinajstić information content (AvgIpc) is 2.99. The van der Waals surface area contributed by atoms with Crippen LogP contribution in [0.2, 0.25) is 0 Å². The molecule has 2 fully saturated rings. The van der Waals surface area contributed by atoms with Gasteiger partial charge in [0, 0.05) is 36.1 Å². The van der Waals surface area contributed by atoms with Crippen molar-refractivity contribution in [2.75, 3.05) is 7.05 Å². The lowest BCUT2D eigenvalue weighted by Gasteiger charge is -2.67. The third-order valence-corrected chi connectivity index (χ3v) is 7.92. The summed E-state index contributed by atoms with van der Waals surface area (Å²) in [6, 6.07) is 4.59. The van der Waals surface area contributed by atoms with Crippen molar-refractivity contribution in [3.63, 3.8) is 0 Å². The molecule has 0 N–H and O–H groups in total. The molecule has 1 saturated carbocycles. The molecule has 5 heteroatoms. The molecule has 2 heterocycles. The molecule has 0 aromatic heterocycles. The number of likely N-dealkylation sites (N-methyl/N-ethyl adjacent to an activating group) is 1. The summed E-state index contributed by atoms with van der Waals surface area (Å²) in [5.74, 6) is 1.11. The number of esters is 1. The van der Waals surface area contributed by atoms with E-state index < -0.39 is 11.6 Å². The van der Waals surface area contributed by atoms with Crippen LogP contribution in [-0.4, -0.2) is 41.4 Å². The number of ether oxygens (including phenoxy) is 2. The van der Waals surface area contributed by atoms with E-state index in [4.69, 9.17) is 9.47 Å². The highest BCUT2D eigenvalue weighted by molar-refractivity contribution is 5.94. The first-order chi connectivity index (χ1) is 13.9. The van der Waals surface area contributed by atoms with Gasteiger partial charge in [0.1, 0.15) is 0 Å². The van der Waals surface area contributed by atoms with Crippen LogP contribution in [0.5, 0.6) is 11.5 Å². The maximum absolute atomic E-state index is 13.3. The highest BCUT2D eigenvalue weighted by atomic mass is 16.6. The minimum atomic E-state index is -0.900. The van der Waals surface area contributed by atoms with Crippen LogP contribution in [0.4, 0.5) is 0 Å². The summed E-state index contributed by atoms with van der Waals surface area (Å²) in [4.78, 5) is 28.0. The Balaban J connectivity index is 1.64. The van der Waals surface area contributed by atoms with Crippen molar-refractivity contribution in [1.29, 1.82) is 0 Å². The summed E-state index contributed by atoms with van der Waals surface area (Å²) in [7, 11) is 2.14. The molecule has 5 nitrogen and oxygen atoms in total. The van der Waals surface area contributed by atoms with Crippen LogP contribution in [-0.2, 0) is 21.4 Å². The molecule has 1 aromatic rings. The normalized spacial score (nSPS) is 36.8. The second-order valence-corrected chi connectivity index (χ2v) is 8.85. The van der Waals surface area contributed by atoms with Gasteiger partial charge >= 0.3 is 5.97 Å². The molecule has 5 rings (SSSR count). The van der Waals surface area contributed by atoms with Crippen molar-refractivity contribution in [3.05, 3.63) is 47.6 Å². The van der Waals surface area contributed by atoms with Crippen molar-refractivity contribution < 1.29 is 19.1 Å². The molecular weight excluding hydrogens is 366 g/mol. The zero-order chi connectivity index (χ0) is 20.6. The van der Waals surface area contributed by atoms with Crippen molar-refractivity contribution in [2.24, 2.45) is 5.92 Å². The van der Waals surface area contributed by atoms with E-state index >= 15 is 0 Å². The predicted octanol–water partition coefficient (Wildman–Crippen LogP) is 3.35. The Morgan fingerprint density at radius 1 is 1.31 bits per heavy atom. The highest BCUT2D eigenvalue weighted by Gasteiger charge is 2.75. The van der Waals surface area contributed by atoms with Crippen molar-refractivity contribution in [3.8, 4) is 11.5 Å². The number of likely N-dealkylation sites (tertiary alicyclic amines) is 1. The smallest absolute Gasteiger partial charge is 0.336 e. The van der Waals surface area contributed by atoms with E-state index in [-0.39, 0.29) is 17.2 Å². The number of ketones is 1. The van der Waals surface area contributed by atoms with E-state index in [1.807, 2.05) is 26.0 Å². The number of hydrogen-bond donors (Lipinski definition) is 0. The summed E-state index contributed by atoms with van der Waals surface area (Å²) in [5.41, 5.74) is 1.08. The summed E-state index contributed by atoms with van der Waals surface area (Å²) in [6.07, 6.45) is 8.97. The van der Waals surface area contributed by atoms with Crippen LogP contribution in [0.3, 0.4) is 0 Å². The summed E-state index contributed by atoms with van der Waals surface area (Å²) < 4.78 is 12.1. The molecule has 2 aliphatic heterocycles. The molecule has 152 valence electrons. The van der Waals surface area contributed by atoms with Crippen molar-refractivity contribution >= 4 is 11.8 Å². The number of nitrogens with zero attached hydrogens (tertiary/aromatic N) is 1.